The van der Waals surface area contributed by atoms with Gasteiger partial charge >= 0.3 is 0 Å². The predicted molar refractivity (Wildman–Crippen MR) is 123 cm³/mol. The Morgan fingerprint density at radius 3 is 2.41 bits per heavy atom. The van der Waals surface area contributed by atoms with Gasteiger partial charge in [0.15, 0.2) is 11.5 Å². The number of amides is 1. The molecule has 1 N–H and O–H groups in total. The normalized spacial score (nSPS) is 18.9. The fourth-order valence-electron chi connectivity index (χ4n) is 4.37. The number of hydrogen-bond acceptors (Lipinski definition) is 5. The minimum Gasteiger partial charge on any atom is -0.507 e. The molecule has 172 valence electrons. The molecule has 1 saturated heterocycles. The quantitative estimate of drug-likeness (QED) is 0.351. The molecule has 0 saturated carbocycles. The first-order chi connectivity index (χ1) is 16.5. The lowest BCUT2D eigenvalue weighted by atomic mass is 9.94. The molecule has 5 rings (SSSR count). The van der Waals surface area contributed by atoms with Crippen molar-refractivity contribution in [3.05, 3.63) is 101 Å². The van der Waals surface area contributed by atoms with Gasteiger partial charge in [0.1, 0.15) is 24.8 Å². The van der Waals surface area contributed by atoms with Gasteiger partial charge in [-0.2, -0.15) is 0 Å². The molecule has 0 spiro atoms. The second kappa shape index (κ2) is 9.02. The molecule has 2 aliphatic rings. The number of Topliss-reactive ketones (excluding diaryl/α,β-unsaturated/α-hetero) is 1. The Morgan fingerprint density at radius 1 is 0.941 bits per heavy atom. The van der Waals surface area contributed by atoms with Crippen molar-refractivity contribution in [2.75, 3.05) is 19.8 Å². The van der Waals surface area contributed by atoms with Crippen LogP contribution in [0.5, 0.6) is 11.5 Å². The highest BCUT2D eigenvalue weighted by molar-refractivity contribution is 6.46. The number of rotatable bonds is 5. The fraction of sp³-hybridized carbons (Fsp3) is 0.185. The van der Waals surface area contributed by atoms with E-state index in [-0.39, 0.29) is 29.0 Å². The van der Waals surface area contributed by atoms with Crippen LogP contribution in [0.15, 0.2) is 78.4 Å². The van der Waals surface area contributed by atoms with Gasteiger partial charge < -0.3 is 19.5 Å². The van der Waals surface area contributed by atoms with Crippen LogP contribution in [-0.4, -0.2) is 41.5 Å². The number of halogens is 1. The maximum Gasteiger partial charge on any atom is 0.295 e. The summed E-state index contributed by atoms with van der Waals surface area (Å²) < 4.78 is 26.0. The predicted octanol–water partition coefficient (Wildman–Crippen LogP) is 4.26. The van der Waals surface area contributed by atoms with Crippen molar-refractivity contribution >= 4 is 17.4 Å². The summed E-state index contributed by atoms with van der Waals surface area (Å²) in [6.07, 6.45) is 0.475. The molecule has 7 heteroatoms. The number of aliphatic hydroxyl groups is 1. The lowest BCUT2D eigenvalue weighted by Crippen LogP contribution is -2.32. The summed E-state index contributed by atoms with van der Waals surface area (Å²) >= 11 is 0. The molecule has 2 heterocycles. The largest absolute Gasteiger partial charge is 0.507 e. The number of likely N-dealkylation sites (tertiary alicyclic amines) is 1. The van der Waals surface area contributed by atoms with Crippen LogP contribution in [0.3, 0.4) is 0 Å². The number of fused-ring (bicyclic) bond motifs is 1. The maximum absolute atomic E-state index is 14.9. The third-order valence-corrected chi connectivity index (χ3v) is 6.04. The van der Waals surface area contributed by atoms with Gasteiger partial charge in [-0.15, -0.1) is 0 Å². The average Bonchev–Trinajstić information content (AvgIpc) is 3.12. The molecule has 6 nitrogen and oxygen atoms in total. The zero-order chi connectivity index (χ0) is 23.7. The van der Waals surface area contributed by atoms with Gasteiger partial charge in [0, 0.05) is 17.7 Å². The second-order valence-corrected chi connectivity index (χ2v) is 8.11. The number of carbonyl (C=O) groups excluding carboxylic acids is 2. The van der Waals surface area contributed by atoms with E-state index in [1.807, 2.05) is 30.3 Å². The van der Waals surface area contributed by atoms with E-state index < -0.39 is 23.5 Å². The maximum atomic E-state index is 14.9. The van der Waals surface area contributed by atoms with E-state index in [9.17, 15) is 19.1 Å². The number of benzene rings is 3. The Hall–Kier alpha value is -4.13. The number of nitrogens with zero attached hydrogens (tertiary/aromatic N) is 1. The van der Waals surface area contributed by atoms with Crippen molar-refractivity contribution in [3.63, 3.8) is 0 Å². The van der Waals surface area contributed by atoms with Crippen LogP contribution in [0.1, 0.15) is 22.7 Å². The molecule has 1 fully saturated rings. The van der Waals surface area contributed by atoms with Crippen LogP contribution in [0.2, 0.25) is 0 Å². The van der Waals surface area contributed by atoms with Crippen LogP contribution in [0.25, 0.3) is 5.76 Å². The highest BCUT2D eigenvalue weighted by Gasteiger charge is 2.46. The average molecular weight is 459 g/mol. The topological polar surface area (TPSA) is 76.1 Å². The van der Waals surface area contributed by atoms with Gasteiger partial charge in [-0.05, 0) is 36.2 Å². The molecule has 0 radical (unpaired) electrons. The molecular formula is C27H22FNO5. The molecule has 34 heavy (non-hydrogen) atoms. The van der Waals surface area contributed by atoms with Gasteiger partial charge in [-0.1, -0.05) is 48.5 Å². The molecule has 3 aromatic rings. The summed E-state index contributed by atoms with van der Waals surface area (Å²) in [6.45, 7) is 0.958. The Morgan fingerprint density at radius 2 is 1.65 bits per heavy atom. The van der Waals surface area contributed by atoms with Crippen molar-refractivity contribution in [2.45, 2.75) is 12.5 Å². The van der Waals surface area contributed by atoms with Crippen molar-refractivity contribution in [1.82, 2.24) is 4.90 Å². The fourth-order valence-corrected chi connectivity index (χ4v) is 4.37. The monoisotopic (exact) mass is 459 g/mol. The zero-order valence-electron chi connectivity index (χ0n) is 18.2. The number of hydrogen-bond donors (Lipinski definition) is 1. The van der Waals surface area contributed by atoms with E-state index in [1.165, 1.54) is 23.1 Å². The van der Waals surface area contributed by atoms with Gasteiger partial charge in [0.25, 0.3) is 11.7 Å². The zero-order valence-corrected chi connectivity index (χ0v) is 18.2. The van der Waals surface area contributed by atoms with E-state index >= 15 is 0 Å². The lowest BCUT2D eigenvalue weighted by Gasteiger charge is -2.26. The van der Waals surface area contributed by atoms with Crippen LogP contribution in [0, 0.1) is 5.82 Å². The minimum atomic E-state index is -1.06. The number of ketones is 1. The smallest absolute Gasteiger partial charge is 0.295 e. The molecule has 1 amide bonds. The Balaban J connectivity index is 1.59. The van der Waals surface area contributed by atoms with Gasteiger partial charge in [-0.3, -0.25) is 9.59 Å². The number of carbonyl (C=O) groups is 2. The third-order valence-electron chi connectivity index (χ3n) is 6.04. The number of ether oxygens (including phenoxy) is 2. The van der Waals surface area contributed by atoms with E-state index in [0.29, 0.717) is 31.1 Å². The molecule has 0 aliphatic carbocycles. The summed E-state index contributed by atoms with van der Waals surface area (Å²) in [5, 5.41) is 11.2. The summed E-state index contributed by atoms with van der Waals surface area (Å²) in [5.74, 6) is -1.62. The minimum absolute atomic E-state index is 0.147. The molecule has 0 bridgehead atoms. The Labute approximate surface area is 195 Å². The summed E-state index contributed by atoms with van der Waals surface area (Å²) in [4.78, 5) is 27.5. The summed E-state index contributed by atoms with van der Waals surface area (Å²) in [7, 11) is 0. The second-order valence-electron chi connectivity index (χ2n) is 8.11. The van der Waals surface area contributed by atoms with Crippen LogP contribution < -0.4 is 9.47 Å². The SMILES string of the molecule is O=C1C(=O)N(CCc2ccccc2)[C@@H](c2ccccc2F)/C1=C(\O)c1ccc2c(c1)OCCO2. The highest BCUT2D eigenvalue weighted by Crippen LogP contribution is 2.41. The number of aliphatic hydroxyl groups excluding tert-OH is 1. The first kappa shape index (κ1) is 21.7. The Bertz CT molecular complexity index is 1290. The van der Waals surface area contributed by atoms with E-state index in [2.05, 4.69) is 0 Å². The van der Waals surface area contributed by atoms with Crippen molar-refractivity contribution in [2.24, 2.45) is 0 Å². The van der Waals surface area contributed by atoms with Crippen molar-refractivity contribution < 1.29 is 28.6 Å². The van der Waals surface area contributed by atoms with Gasteiger partial charge in [0.2, 0.25) is 0 Å². The van der Waals surface area contributed by atoms with Crippen molar-refractivity contribution in [3.8, 4) is 11.5 Å². The molecule has 0 aromatic heterocycles. The van der Waals surface area contributed by atoms with Crippen LogP contribution in [-0.2, 0) is 16.0 Å². The molecule has 1 atom stereocenters. The van der Waals surface area contributed by atoms with E-state index in [0.717, 1.165) is 5.56 Å². The van der Waals surface area contributed by atoms with E-state index in [1.54, 1.807) is 24.3 Å². The van der Waals surface area contributed by atoms with Crippen LogP contribution in [0.4, 0.5) is 4.39 Å². The first-order valence-electron chi connectivity index (χ1n) is 11.0. The highest BCUT2D eigenvalue weighted by atomic mass is 19.1. The molecule has 0 unspecified atom stereocenters. The van der Waals surface area contributed by atoms with E-state index in [4.69, 9.17) is 9.47 Å². The first-order valence-corrected chi connectivity index (χ1v) is 11.0. The molecule has 3 aromatic carbocycles. The van der Waals surface area contributed by atoms with Crippen molar-refractivity contribution in [1.29, 1.82) is 0 Å². The lowest BCUT2D eigenvalue weighted by molar-refractivity contribution is -0.139. The van der Waals surface area contributed by atoms with Crippen LogP contribution >= 0.6 is 0 Å². The Kier molecular flexibility index (Phi) is 5.76. The third kappa shape index (κ3) is 3.90. The molecule has 2 aliphatic heterocycles. The summed E-state index contributed by atoms with van der Waals surface area (Å²) in [6, 6.07) is 19.2. The molecular weight excluding hydrogens is 437 g/mol. The standard InChI is InChI=1S/C27H22FNO5/c28-20-9-5-4-8-19(20)24-23(25(30)18-10-11-21-22(16-18)34-15-14-33-21)26(31)27(32)29(24)13-12-17-6-2-1-3-7-17/h1-11,16,24,30H,12-15H2/b25-23+/t24-/m0/s1. The summed E-state index contributed by atoms with van der Waals surface area (Å²) in [5.41, 5.74) is 1.25. The van der Waals surface area contributed by atoms with Gasteiger partial charge in [-0.25, -0.2) is 4.39 Å². The van der Waals surface area contributed by atoms with Gasteiger partial charge in [0.05, 0.1) is 11.6 Å².